The lowest BCUT2D eigenvalue weighted by Gasteiger charge is -2.03. The normalized spacial score (nSPS) is 11.6. The summed E-state index contributed by atoms with van der Waals surface area (Å²) in [6, 6.07) is 4.16. The van der Waals surface area contributed by atoms with E-state index < -0.39 is 15.7 Å². The van der Waals surface area contributed by atoms with Crippen LogP contribution in [0, 0.1) is 12.7 Å². The van der Waals surface area contributed by atoms with E-state index in [2.05, 4.69) is 0 Å². The molecule has 0 amide bonds. The van der Waals surface area contributed by atoms with Crippen molar-refractivity contribution in [1.82, 2.24) is 0 Å². The zero-order valence-corrected chi connectivity index (χ0v) is 8.36. The van der Waals surface area contributed by atoms with Gasteiger partial charge in [0.2, 0.25) is 0 Å². The molecule has 0 aromatic heterocycles. The summed E-state index contributed by atoms with van der Waals surface area (Å²) in [7, 11) is -3.08. The fourth-order valence-electron chi connectivity index (χ4n) is 1.08. The van der Waals surface area contributed by atoms with Gasteiger partial charge in [-0.2, -0.15) is 0 Å². The monoisotopic (exact) mass is 202 g/mol. The number of hydrogen-bond acceptors (Lipinski definition) is 2. The Labute approximate surface area is 77.3 Å². The Kier molecular flexibility index (Phi) is 2.71. The summed E-state index contributed by atoms with van der Waals surface area (Å²) in [5.74, 6) is -0.499. The molecule has 0 heterocycles. The van der Waals surface area contributed by atoms with Crippen molar-refractivity contribution in [3.05, 3.63) is 35.1 Å². The fraction of sp³-hybridized carbons (Fsp3) is 0.333. The Hall–Kier alpha value is -0.900. The van der Waals surface area contributed by atoms with Crippen molar-refractivity contribution in [2.24, 2.45) is 0 Å². The number of rotatable bonds is 2. The molecule has 1 aromatic rings. The molecule has 0 radical (unpaired) electrons. The van der Waals surface area contributed by atoms with Crippen molar-refractivity contribution in [1.29, 1.82) is 0 Å². The van der Waals surface area contributed by atoms with Gasteiger partial charge >= 0.3 is 0 Å². The van der Waals surface area contributed by atoms with E-state index in [0.29, 0.717) is 5.56 Å². The largest absolute Gasteiger partial charge is 0.229 e. The van der Waals surface area contributed by atoms with Crippen LogP contribution in [0.3, 0.4) is 0 Å². The van der Waals surface area contributed by atoms with Crippen LogP contribution >= 0.6 is 0 Å². The summed E-state index contributed by atoms with van der Waals surface area (Å²) < 4.78 is 34.6. The van der Waals surface area contributed by atoms with Crippen molar-refractivity contribution in [3.8, 4) is 0 Å². The molecule has 0 bridgehead atoms. The first-order valence-corrected chi connectivity index (χ1v) is 5.87. The molecule has 13 heavy (non-hydrogen) atoms. The van der Waals surface area contributed by atoms with E-state index in [0.717, 1.165) is 11.8 Å². The number of hydrogen-bond donors (Lipinski definition) is 0. The van der Waals surface area contributed by atoms with Gasteiger partial charge < -0.3 is 0 Å². The van der Waals surface area contributed by atoms with E-state index in [1.807, 2.05) is 0 Å². The molecule has 0 fully saturated rings. The summed E-state index contributed by atoms with van der Waals surface area (Å²) in [5.41, 5.74) is 1.33. The molecule has 1 rings (SSSR count). The maximum Gasteiger partial charge on any atom is 0.151 e. The topological polar surface area (TPSA) is 34.1 Å². The summed E-state index contributed by atoms with van der Waals surface area (Å²) >= 11 is 0. The highest BCUT2D eigenvalue weighted by atomic mass is 32.2. The Morgan fingerprint density at radius 2 is 2.00 bits per heavy atom. The zero-order chi connectivity index (χ0) is 10.1. The van der Waals surface area contributed by atoms with Gasteiger partial charge in [-0.25, -0.2) is 12.8 Å². The van der Waals surface area contributed by atoms with Crippen LogP contribution in [0.5, 0.6) is 0 Å². The Balaban J connectivity index is 3.08. The highest BCUT2D eigenvalue weighted by molar-refractivity contribution is 7.89. The lowest BCUT2D eigenvalue weighted by molar-refractivity contribution is 0.600. The van der Waals surface area contributed by atoms with E-state index in [9.17, 15) is 12.8 Å². The lowest BCUT2D eigenvalue weighted by Crippen LogP contribution is -2.02. The molecule has 1 aromatic carbocycles. The standard InChI is InChI=1S/C9H11FO2S/c1-7-3-4-9(10)5-8(7)6-13(2,11)12/h3-5H,6H2,1-2H3. The average Bonchev–Trinajstić information content (AvgIpc) is 1.94. The van der Waals surface area contributed by atoms with E-state index in [4.69, 9.17) is 0 Å². The molecule has 0 aliphatic heterocycles. The van der Waals surface area contributed by atoms with Gasteiger partial charge in [-0.3, -0.25) is 0 Å². The SMILES string of the molecule is Cc1ccc(F)cc1CS(C)(=O)=O. The maximum absolute atomic E-state index is 12.7. The van der Waals surface area contributed by atoms with Crippen molar-refractivity contribution >= 4 is 9.84 Å². The first-order valence-electron chi connectivity index (χ1n) is 3.81. The molecule has 0 aliphatic carbocycles. The first-order chi connectivity index (χ1) is 5.88. The van der Waals surface area contributed by atoms with E-state index in [-0.39, 0.29) is 5.75 Å². The Bertz CT molecular complexity index is 410. The number of sulfone groups is 1. The second-order valence-electron chi connectivity index (χ2n) is 3.14. The highest BCUT2D eigenvalue weighted by Gasteiger charge is 2.07. The molecule has 0 atom stereocenters. The molecule has 0 aliphatic rings. The molecule has 0 spiro atoms. The number of benzene rings is 1. The minimum absolute atomic E-state index is 0.101. The van der Waals surface area contributed by atoms with Gasteiger partial charge in [0.1, 0.15) is 5.82 Å². The predicted octanol–water partition coefficient (Wildman–Crippen LogP) is 1.68. The van der Waals surface area contributed by atoms with Crippen LogP contribution in [0.4, 0.5) is 4.39 Å². The molecule has 72 valence electrons. The number of aryl methyl sites for hydroxylation is 1. The molecular formula is C9H11FO2S. The van der Waals surface area contributed by atoms with Gasteiger partial charge in [-0.15, -0.1) is 0 Å². The van der Waals surface area contributed by atoms with Crippen LogP contribution in [0.2, 0.25) is 0 Å². The van der Waals surface area contributed by atoms with Gasteiger partial charge in [0.05, 0.1) is 5.75 Å². The van der Waals surface area contributed by atoms with E-state index in [1.165, 1.54) is 12.1 Å². The molecule has 0 saturated carbocycles. The van der Waals surface area contributed by atoms with Crippen molar-refractivity contribution < 1.29 is 12.8 Å². The van der Waals surface area contributed by atoms with Gasteiger partial charge in [-0.05, 0) is 30.2 Å². The Morgan fingerprint density at radius 3 is 2.54 bits per heavy atom. The summed E-state index contributed by atoms with van der Waals surface area (Å²) in [5, 5.41) is 0. The van der Waals surface area contributed by atoms with Gasteiger partial charge in [0, 0.05) is 6.26 Å². The van der Waals surface area contributed by atoms with E-state index >= 15 is 0 Å². The van der Waals surface area contributed by atoms with Crippen LogP contribution < -0.4 is 0 Å². The van der Waals surface area contributed by atoms with Gasteiger partial charge in [0.15, 0.2) is 9.84 Å². The quantitative estimate of drug-likeness (QED) is 0.731. The van der Waals surface area contributed by atoms with Gasteiger partial charge in [-0.1, -0.05) is 6.07 Å². The Morgan fingerprint density at radius 1 is 1.38 bits per heavy atom. The second kappa shape index (κ2) is 3.46. The van der Waals surface area contributed by atoms with E-state index in [1.54, 1.807) is 13.0 Å². The van der Waals surface area contributed by atoms with Crippen molar-refractivity contribution in [3.63, 3.8) is 0 Å². The first kappa shape index (κ1) is 10.2. The summed E-state index contributed by atoms with van der Waals surface area (Å²) in [6.07, 6.45) is 1.14. The average molecular weight is 202 g/mol. The zero-order valence-electron chi connectivity index (χ0n) is 7.54. The molecule has 0 saturated heterocycles. The van der Waals surface area contributed by atoms with Gasteiger partial charge in [0.25, 0.3) is 0 Å². The third kappa shape index (κ3) is 3.14. The lowest BCUT2D eigenvalue weighted by atomic mass is 10.1. The third-order valence-electron chi connectivity index (χ3n) is 1.73. The summed E-state index contributed by atoms with van der Waals surface area (Å²) in [4.78, 5) is 0. The smallest absolute Gasteiger partial charge is 0.151 e. The predicted molar refractivity (Wildman–Crippen MR) is 49.7 cm³/mol. The second-order valence-corrected chi connectivity index (χ2v) is 5.28. The molecule has 2 nitrogen and oxygen atoms in total. The van der Waals surface area contributed by atoms with Crippen molar-refractivity contribution in [2.75, 3.05) is 6.26 Å². The molecule has 4 heteroatoms. The van der Waals surface area contributed by atoms with Crippen LogP contribution in [0.15, 0.2) is 18.2 Å². The third-order valence-corrected chi connectivity index (χ3v) is 2.56. The maximum atomic E-state index is 12.7. The highest BCUT2D eigenvalue weighted by Crippen LogP contribution is 2.12. The van der Waals surface area contributed by atoms with Crippen LogP contribution in [0.1, 0.15) is 11.1 Å². The van der Waals surface area contributed by atoms with Crippen molar-refractivity contribution in [2.45, 2.75) is 12.7 Å². The fourth-order valence-corrected chi connectivity index (χ4v) is 1.95. The van der Waals surface area contributed by atoms with Crippen LogP contribution in [0.25, 0.3) is 0 Å². The minimum atomic E-state index is -3.08. The van der Waals surface area contributed by atoms with Crippen LogP contribution in [-0.2, 0) is 15.6 Å². The van der Waals surface area contributed by atoms with Crippen LogP contribution in [-0.4, -0.2) is 14.7 Å². The molecule has 0 N–H and O–H groups in total. The molecule has 0 unspecified atom stereocenters. The summed E-state index contributed by atoms with van der Waals surface area (Å²) in [6.45, 7) is 1.76. The number of halogens is 1. The molecular weight excluding hydrogens is 191 g/mol. The minimum Gasteiger partial charge on any atom is -0.229 e.